The fraction of sp³-hybridized carbons (Fsp3) is 0.500. The van der Waals surface area contributed by atoms with Crippen molar-refractivity contribution in [1.82, 2.24) is 5.32 Å². The second-order valence-corrected chi connectivity index (χ2v) is 5.58. The normalized spacial score (nSPS) is 13.1. The van der Waals surface area contributed by atoms with Crippen LogP contribution in [0.3, 0.4) is 0 Å². The minimum absolute atomic E-state index is 0.128. The number of nitrogens with one attached hydrogen (secondary N) is 1. The molecule has 3 N–H and O–H groups in total. The van der Waals surface area contributed by atoms with Gasteiger partial charge in [0.2, 0.25) is 0 Å². The van der Waals surface area contributed by atoms with E-state index in [9.17, 15) is 0 Å². The molecule has 2 nitrogen and oxygen atoms in total. The predicted octanol–water partition coefficient (Wildman–Crippen LogP) is 3.35. The molecule has 0 aliphatic carbocycles. The first kappa shape index (κ1) is 14.0. The maximum absolute atomic E-state index is 6.19. The molecule has 0 heterocycles. The standard InChI is InChI=1S/C12H18BrClN2/c1-8(2)7-16-12(6-15)10-4-3-9(13)5-11(10)14/h3-5,8,12,16H,6-7,15H2,1-2H3. The van der Waals surface area contributed by atoms with E-state index in [0.29, 0.717) is 12.5 Å². The Kier molecular flexibility index (Phi) is 5.76. The van der Waals surface area contributed by atoms with Gasteiger partial charge in [0.25, 0.3) is 0 Å². The van der Waals surface area contributed by atoms with E-state index in [0.717, 1.165) is 21.6 Å². The van der Waals surface area contributed by atoms with Gasteiger partial charge in [-0.25, -0.2) is 0 Å². The highest BCUT2D eigenvalue weighted by atomic mass is 79.9. The fourth-order valence-electron chi connectivity index (χ4n) is 1.48. The third-order valence-electron chi connectivity index (χ3n) is 2.35. The summed E-state index contributed by atoms with van der Waals surface area (Å²) in [5.74, 6) is 0.600. The molecule has 0 radical (unpaired) electrons. The smallest absolute Gasteiger partial charge is 0.0465 e. The summed E-state index contributed by atoms with van der Waals surface area (Å²) in [6.07, 6.45) is 0. The van der Waals surface area contributed by atoms with Crippen LogP contribution in [0.2, 0.25) is 5.02 Å². The second-order valence-electron chi connectivity index (χ2n) is 4.26. The average molecular weight is 306 g/mol. The van der Waals surface area contributed by atoms with Crippen molar-refractivity contribution in [2.45, 2.75) is 19.9 Å². The maximum atomic E-state index is 6.19. The van der Waals surface area contributed by atoms with Gasteiger partial charge in [-0.3, -0.25) is 0 Å². The zero-order valence-electron chi connectivity index (χ0n) is 9.63. The molecular weight excluding hydrogens is 288 g/mol. The summed E-state index contributed by atoms with van der Waals surface area (Å²) < 4.78 is 0.987. The molecule has 0 aliphatic rings. The van der Waals surface area contributed by atoms with Crippen LogP contribution >= 0.6 is 27.5 Å². The Morgan fingerprint density at radius 2 is 2.12 bits per heavy atom. The predicted molar refractivity (Wildman–Crippen MR) is 73.8 cm³/mol. The van der Waals surface area contributed by atoms with E-state index in [-0.39, 0.29) is 6.04 Å². The van der Waals surface area contributed by atoms with Crippen LogP contribution in [0.1, 0.15) is 25.5 Å². The van der Waals surface area contributed by atoms with Crippen molar-refractivity contribution in [3.8, 4) is 0 Å². The Labute approximate surface area is 111 Å². The van der Waals surface area contributed by atoms with Gasteiger partial charge < -0.3 is 11.1 Å². The minimum atomic E-state index is 0.128. The summed E-state index contributed by atoms with van der Waals surface area (Å²) >= 11 is 9.59. The lowest BCUT2D eigenvalue weighted by molar-refractivity contribution is 0.479. The molecule has 0 saturated heterocycles. The van der Waals surface area contributed by atoms with Gasteiger partial charge in [0.15, 0.2) is 0 Å². The van der Waals surface area contributed by atoms with E-state index >= 15 is 0 Å². The Hall–Kier alpha value is -0.0900. The van der Waals surface area contributed by atoms with Crippen molar-refractivity contribution in [1.29, 1.82) is 0 Å². The van der Waals surface area contributed by atoms with Gasteiger partial charge in [0, 0.05) is 22.1 Å². The van der Waals surface area contributed by atoms with Gasteiger partial charge in [-0.1, -0.05) is 47.4 Å². The molecule has 1 unspecified atom stereocenters. The van der Waals surface area contributed by atoms with Gasteiger partial charge in [-0.05, 0) is 30.2 Å². The van der Waals surface area contributed by atoms with Crippen LogP contribution in [0.15, 0.2) is 22.7 Å². The molecule has 1 atom stereocenters. The molecule has 0 amide bonds. The van der Waals surface area contributed by atoms with Crippen LogP contribution in [0, 0.1) is 5.92 Å². The van der Waals surface area contributed by atoms with E-state index in [1.165, 1.54) is 0 Å². The fourth-order valence-corrected chi connectivity index (χ4v) is 2.29. The van der Waals surface area contributed by atoms with Crippen molar-refractivity contribution in [3.05, 3.63) is 33.3 Å². The monoisotopic (exact) mass is 304 g/mol. The zero-order chi connectivity index (χ0) is 12.1. The van der Waals surface area contributed by atoms with Crippen LogP contribution in [0.5, 0.6) is 0 Å². The Balaban J connectivity index is 2.78. The van der Waals surface area contributed by atoms with E-state index in [4.69, 9.17) is 17.3 Å². The minimum Gasteiger partial charge on any atom is -0.329 e. The van der Waals surface area contributed by atoms with Crippen molar-refractivity contribution in [3.63, 3.8) is 0 Å². The maximum Gasteiger partial charge on any atom is 0.0465 e. The highest BCUT2D eigenvalue weighted by molar-refractivity contribution is 9.10. The molecule has 0 aliphatic heterocycles. The van der Waals surface area contributed by atoms with E-state index in [1.807, 2.05) is 18.2 Å². The molecular formula is C12H18BrClN2. The van der Waals surface area contributed by atoms with E-state index in [2.05, 4.69) is 35.1 Å². The molecule has 0 bridgehead atoms. The number of hydrogen-bond donors (Lipinski definition) is 2. The van der Waals surface area contributed by atoms with Gasteiger partial charge in [-0.15, -0.1) is 0 Å². The topological polar surface area (TPSA) is 38.0 Å². The molecule has 1 aromatic carbocycles. The Morgan fingerprint density at radius 3 is 2.62 bits per heavy atom. The van der Waals surface area contributed by atoms with Crippen LogP contribution < -0.4 is 11.1 Å². The molecule has 0 spiro atoms. The van der Waals surface area contributed by atoms with E-state index < -0.39 is 0 Å². The summed E-state index contributed by atoms with van der Waals surface area (Å²) in [5, 5.41) is 4.17. The largest absolute Gasteiger partial charge is 0.329 e. The molecule has 90 valence electrons. The van der Waals surface area contributed by atoms with Crippen molar-refractivity contribution >= 4 is 27.5 Å². The van der Waals surface area contributed by atoms with Gasteiger partial charge in [0.1, 0.15) is 0 Å². The van der Waals surface area contributed by atoms with Crippen molar-refractivity contribution in [2.24, 2.45) is 11.7 Å². The van der Waals surface area contributed by atoms with Crippen LogP contribution in [0.4, 0.5) is 0 Å². The summed E-state index contributed by atoms with van der Waals surface area (Å²) in [7, 11) is 0. The van der Waals surface area contributed by atoms with Crippen LogP contribution in [0.25, 0.3) is 0 Å². The number of hydrogen-bond acceptors (Lipinski definition) is 2. The lowest BCUT2D eigenvalue weighted by Gasteiger charge is -2.20. The highest BCUT2D eigenvalue weighted by Crippen LogP contribution is 2.26. The Bertz CT molecular complexity index is 342. The molecule has 0 aromatic heterocycles. The third-order valence-corrected chi connectivity index (χ3v) is 3.17. The molecule has 16 heavy (non-hydrogen) atoms. The van der Waals surface area contributed by atoms with Crippen LogP contribution in [-0.4, -0.2) is 13.1 Å². The SMILES string of the molecule is CC(C)CNC(CN)c1ccc(Br)cc1Cl. The van der Waals surface area contributed by atoms with Gasteiger partial charge in [0.05, 0.1) is 0 Å². The third kappa shape index (κ3) is 4.06. The second kappa shape index (κ2) is 6.60. The molecule has 1 rings (SSSR count). The summed E-state index contributed by atoms with van der Waals surface area (Å²) in [5.41, 5.74) is 6.83. The summed E-state index contributed by atoms with van der Waals surface area (Å²) in [6.45, 7) is 5.83. The summed E-state index contributed by atoms with van der Waals surface area (Å²) in [4.78, 5) is 0. The first-order valence-corrected chi connectivity index (χ1v) is 6.60. The molecule has 4 heteroatoms. The number of rotatable bonds is 5. The molecule has 1 aromatic rings. The first-order chi connectivity index (χ1) is 7.54. The molecule has 0 fully saturated rings. The summed E-state index contributed by atoms with van der Waals surface area (Å²) in [6, 6.07) is 6.03. The van der Waals surface area contributed by atoms with Crippen molar-refractivity contribution < 1.29 is 0 Å². The number of nitrogens with two attached hydrogens (primary N) is 1. The Morgan fingerprint density at radius 1 is 1.44 bits per heavy atom. The average Bonchev–Trinajstić information content (AvgIpc) is 2.21. The zero-order valence-corrected chi connectivity index (χ0v) is 12.0. The lowest BCUT2D eigenvalue weighted by Crippen LogP contribution is -2.31. The van der Waals surface area contributed by atoms with Crippen molar-refractivity contribution in [2.75, 3.05) is 13.1 Å². The van der Waals surface area contributed by atoms with E-state index in [1.54, 1.807) is 0 Å². The highest BCUT2D eigenvalue weighted by Gasteiger charge is 2.13. The number of benzene rings is 1. The first-order valence-electron chi connectivity index (χ1n) is 5.43. The quantitative estimate of drug-likeness (QED) is 0.875. The lowest BCUT2D eigenvalue weighted by atomic mass is 10.1. The van der Waals surface area contributed by atoms with Gasteiger partial charge >= 0.3 is 0 Å². The van der Waals surface area contributed by atoms with Gasteiger partial charge in [-0.2, -0.15) is 0 Å². The van der Waals surface area contributed by atoms with Crippen LogP contribution in [-0.2, 0) is 0 Å². The number of halogens is 2. The molecule has 0 saturated carbocycles.